The van der Waals surface area contributed by atoms with Crippen LogP contribution in [0.1, 0.15) is 35.6 Å². The van der Waals surface area contributed by atoms with Gasteiger partial charge < -0.3 is 5.11 Å². The summed E-state index contributed by atoms with van der Waals surface area (Å²) in [7, 11) is 0. The van der Waals surface area contributed by atoms with Crippen molar-refractivity contribution in [2.24, 2.45) is 5.92 Å². The van der Waals surface area contributed by atoms with Gasteiger partial charge in [0.1, 0.15) is 5.82 Å². The monoisotopic (exact) mass is 324 g/mol. The lowest BCUT2D eigenvalue weighted by atomic mass is 9.87. The van der Waals surface area contributed by atoms with Crippen LogP contribution in [0.5, 0.6) is 0 Å². The zero-order chi connectivity index (χ0) is 16.9. The van der Waals surface area contributed by atoms with Gasteiger partial charge in [-0.25, -0.2) is 4.39 Å². The van der Waals surface area contributed by atoms with Crippen LogP contribution >= 0.6 is 0 Å². The van der Waals surface area contributed by atoms with Crippen molar-refractivity contribution in [3.8, 4) is 6.07 Å². The molecule has 1 fully saturated rings. The molecule has 24 heavy (non-hydrogen) atoms. The average molecular weight is 324 g/mol. The van der Waals surface area contributed by atoms with Crippen molar-refractivity contribution in [1.29, 1.82) is 5.26 Å². The maximum Gasteiger partial charge on any atom is 0.129 e. The highest BCUT2D eigenvalue weighted by Gasteiger charge is 2.26. The first kappa shape index (κ1) is 16.6. The Labute approximate surface area is 142 Å². The second-order valence-electron chi connectivity index (χ2n) is 6.39. The molecule has 1 atom stereocenters. The van der Waals surface area contributed by atoms with Gasteiger partial charge in [-0.2, -0.15) is 5.26 Å². The predicted octanol–water partition coefficient (Wildman–Crippen LogP) is 3.64. The lowest BCUT2D eigenvalue weighted by Gasteiger charge is -2.34. The van der Waals surface area contributed by atoms with E-state index < -0.39 is 6.10 Å². The van der Waals surface area contributed by atoms with Gasteiger partial charge in [0.25, 0.3) is 0 Å². The van der Waals surface area contributed by atoms with E-state index >= 15 is 0 Å². The number of rotatable bonds is 4. The van der Waals surface area contributed by atoms with Crippen LogP contribution in [-0.4, -0.2) is 23.1 Å². The van der Waals surface area contributed by atoms with E-state index in [1.165, 1.54) is 6.07 Å². The molecule has 0 spiro atoms. The molecule has 1 heterocycles. The summed E-state index contributed by atoms with van der Waals surface area (Å²) in [5.41, 5.74) is 1.94. The fourth-order valence-corrected chi connectivity index (χ4v) is 3.34. The highest BCUT2D eigenvalue weighted by molar-refractivity contribution is 5.32. The molecule has 0 aliphatic carbocycles. The maximum absolute atomic E-state index is 14.0. The van der Waals surface area contributed by atoms with Gasteiger partial charge in [-0.1, -0.05) is 36.4 Å². The second-order valence-corrected chi connectivity index (χ2v) is 6.39. The number of nitrogens with zero attached hydrogens (tertiary/aromatic N) is 2. The van der Waals surface area contributed by atoms with Gasteiger partial charge in [0.2, 0.25) is 0 Å². The van der Waals surface area contributed by atoms with Crippen LogP contribution in [0.15, 0.2) is 48.5 Å². The molecule has 1 N–H and O–H groups in total. The summed E-state index contributed by atoms with van der Waals surface area (Å²) in [4.78, 5) is 2.21. The summed E-state index contributed by atoms with van der Waals surface area (Å²) >= 11 is 0. The highest BCUT2D eigenvalue weighted by Crippen LogP contribution is 2.31. The van der Waals surface area contributed by atoms with Crippen molar-refractivity contribution >= 4 is 0 Å². The smallest absolute Gasteiger partial charge is 0.129 e. The lowest BCUT2D eigenvalue weighted by Crippen LogP contribution is -2.35. The number of benzene rings is 2. The molecule has 0 radical (unpaired) electrons. The molecule has 0 saturated carbocycles. The van der Waals surface area contributed by atoms with E-state index in [0.29, 0.717) is 17.7 Å². The Morgan fingerprint density at radius 1 is 1.17 bits per heavy atom. The Bertz CT molecular complexity index is 718. The van der Waals surface area contributed by atoms with Crippen molar-refractivity contribution in [1.82, 2.24) is 4.90 Å². The number of nitriles is 1. The van der Waals surface area contributed by atoms with E-state index in [1.54, 1.807) is 12.1 Å². The zero-order valence-corrected chi connectivity index (χ0v) is 13.5. The first-order chi connectivity index (χ1) is 11.7. The topological polar surface area (TPSA) is 47.3 Å². The molecule has 2 aromatic rings. The standard InChI is InChI=1S/C20H21FN2O/c21-19-12-15(13-22)6-7-18(19)14-23-10-8-17(9-11-23)20(24)16-4-2-1-3-5-16/h1-7,12,17,20,24H,8-11,14H2. The number of aliphatic hydroxyl groups is 1. The van der Waals surface area contributed by atoms with E-state index in [4.69, 9.17) is 5.26 Å². The molecule has 3 rings (SSSR count). The lowest BCUT2D eigenvalue weighted by molar-refractivity contribution is 0.0565. The van der Waals surface area contributed by atoms with Gasteiger partial charge in [-0.3, -0.25) is 4.90 Å². The molecule has 1 unspecified atom stereocenters. The number of piperidine rings is 1. The second kappa shape index (κ2) is 7.57. The Morgan fingerprint density at radius 2 is 1.88 bits per heavy atom. The number of aliphatic hydroxyl groups excluding tert-OH is 1. The van der Waals surface area contributed by atoms with Gasteiger partial charge in [0.05, 0.1) is 17.7 Å². The Kier molecular flexibility index (Phi) is 5.24. The van der Waals surface area contributed by atoms with E-state index in [-0.39, 0.29) is 11.7 Å². The van der Waals surface area contributed by atoms with Gasteiger partial charge in [0, 0.05) is 12.1 Å². The normalized spacial score (nSPS) is 17.4. The fraction of sp³-hybridized carbons (Fsp3) is 0.350. The van der Waals surface area contributed by atoms with E-state index in [0.717, 1.165) is 31.5 Å². The predicted molar refractivity (Wildman–Crippen MR) is 90.5 cm³/mol. The molecule has 1 saturated heterocycles. The molecule has 1 aliphatic heterocycles. The van der Waals surface area contributed by atoms with E-state index in [2.05, 4.69) is 4.90 Å². The third-order valence-electron chi connectivity index (χ3n) is 4.80. The van der Waals surface area contributed by atoms with Crippen LogP contribution in [0.3, 0.4) is 0 Å². The summed E-state index contributed by atoms with van der Waals surface area (Å²) in [6, 6.07) is 16.4. The molecule has 4 heteroatoms. The Hall–Kier alpha value is -2.22. The van der Waals surface area contributed by atoms with Gasteiger partial charge in [-0.15, -0.1) is 0 Å². The van der Waals surface area contributed by atoms with Crippen molar-refractivity contribution in [3.05, 3.63) is 71.0 Å². The van der Waals surface area contributed by atoms with E-state index in [9.17, 15) is 9.50 Å². The zero-order valence-electron chi connectivity index (χ0n) is 13.5. The van der Waals surface area contributed by atoms with Crippen molar-refractivity contribution < 1.29 is 9.50 Å². The minimum atomic E-state index is -0.431. The summed E-state index contributed by atoms with van der Waals surface area (Å²) in [6.07, 6.45) is 1.36. The minimum absolute atomic E-state index is 0.245. The molecule has 0 amide bonds. The minimum Gasteiger partial charge on any atom is -0.388 e. The molecular weight excluding hydrogens is 303 g/mol. The third kappa shape index (κ3) is 3.81. The van der Waals surface area contributed by atoms with Crippen LogP contribution < -0.4 is 0 Å². The molecule has 2 aromatic carbocycles. The number of likely N-dealkylation sites (tertiary alicyclic amines) is 1. The van der Waals surface area contributed by atoms with Crippen LogP contribution in [0.2, 0.25) is 0 Å². The molecule has 1 aliphatic rings. The highest BCUT2D eigenvalue weighted by atomic mass is 19.1. The van der Waals surface area contributed by atoms with Gasteiger partial charge in [0.15, 0.2) is 0 Å². The largest absolute Gasteiger partial charge is 0.388 e. The molecule has 3 nitrogen and oxygen atoms in total. The van der Waals surface area contributed by atoms with Gasteiger partial charge >= 0.3 is 0 Å². The van der Waals surface area contributed by atoms with Crippen LogP contribution in [0, 0.1) is 23.1 Å². The molecule has 0 bridgehead atoms. The SMILES string of the molecule is N#Cc1ccc(CN2CCC(C(O)c3ccccc3)CC2)c(F)c1. The Morgan fingerprint density at radius 3 is 2.50 bits per heavy atom. The summed E-state index contributed by atoms with van der Waals surface area (Å²) in [5, 5.41) is 19.3. The van der Waals surface area contributed by atoms with Crippen LogP contribution in [0.25, 0.3) is 0 Å². The Balaban J connectivity index is 1.57. The third-order valence-corrected chi connectivity index (χ3v) is 4.80. The quantitative estimate of drug-likeness (QED) is 0.934. The van der Waals surface area contributed by atoms with Crippen molar-refractivity contribution in [3.63, 3.8) is 0 Å². The average Bonchev–Trinajstić information content (AvgIpc) is 2.64. The number of hydrogen-bond acceptors (Lipinski definition) is 3. The molecular formula is C20H21FN2O. The van der Waals surface area contributed by atoms with E-state index in [1.807, 2.05) is 36.4 Å². The first-order valence-corrected chi connectivity index (χ1v) is 8.31. The summed E-state index contributed by atoms with van der Waals surface area (Å²) in [6.45, 7) is 2.23. The van der Waals surface area contributed by atoms with Crippen LogP contribution in [-0.2, 0) is 6.54 Å². The maximum atomic E-state index is 14.0. The number of halogens is 1. The van der Waals surface area contributed by atoms with Gasteiger partial charge in [-0.05, 0) is 49.5 Å². The molecule has 124 valence electrons. The van der Waals surface area contributed by atoms with Crippen molar-refractivity contribution in [2.45, 2.75) is 25.5 Å². The van der Waals surface area contributed by atoms with Crippen LogP contribution in [0.4, 0.5) is 4.39 Å². The summed E-state index contributed by atoms with van der Waals surface area (Å²) in [5.74, 6) is -0.0741. The van der Waals surface area contributed by atoms with Crippen molar-refractivity contribution in [2.75, 3.05) is 13.1 Å². The fourth-order valence-electron chi connectivity index (χ4n) is 3.34. The number of hydrogen-bond donors (Lipinski definition) is 1. The summed E-state index contributed by atoms with van der Waals surface area (Å²) < 4.78 is 14.0. The first-order valence-electron chi connectivity index (χ1n) is 8.31. The molecule has 0 aromatic heterocycles.